The van der Waals surface area contributed by atoms with Crippen molar-refractivity contribution < 1.29 is 23.9 Å². The molecule has 1 saturated heterocycles. The second kappa shape index (κ2) is 12.4. The molecule has 0 spiro atoms. The molecule has 182 valence electrons. The van der Waals surface area contributed by atoms with E-state index in [1.54, 1.807) is 36.4 Å². The molecule has 1 heterocycles. The van der Waals surface area contributed by atoms with E-state index in [9.17, 15) is 14.4 Å². The maximum absolute atomic E-state index is 12.7. The molecule has 0 radical (unpaired) electrons. The van der Waals surface area contributed by atoms with Gasteiger partial charge in [-0.1, -0.05) is 31.9 Å². The molecule has 1 aliphatic heterocycles. The van der Waals surface area contributed by atoms with Crippen LogP contribution in [0.2, 0.25) is 5.02 Å². The average molecular weight is 488 g/mol. The number of hydrogen-bond acceptors (Lipinski definition) is 6. The Morgan fingerprint density at radius 1 is 1.06 bits per heavy atom. The number of halogens is 1. The lowest BCUT2D eigenvalue weighted by molar-refractivity contribution is -0.150. The van der Waals surface area contributed by atoms with E-state index in [2.05, 4.69) is 15.5 Å². The van der Waals surface area contributed by atoms with Crippen molar-refractivity contribution in [2.24, 2.45) is 5.92 Å². The summed E-state index contributed by atoms with van der Waals surface area (Å²) in [6.45, 7) is 6.34. The lowest BCUT2D eigenvalue weighted by Gasteiger charge is -2.28. The van der Waals surface area contributed by atoms with Crippen molar-refractivity contribution in [1.82, 2.24) is 5.32 Å². The first-order valence-electron chi connectivity index (χ1n) is 11.3. The van der Waals surface area contributed by atoms with E-state index in [0.717, 1.165) is 18.8 Å². The van der Waals surface area contributed by atoms with E-state index in [-0.39, 0.29) is 5.92 Å². The minimum Gasteiger partial charge on any atom is -0.454 e. The van der Waals surface area contributed by atoms with E-state index in [4.69, 9.17) is 21.1 Å². The monoisotopic (exact) mass is 487 g/mol. The maximum atomic E-state index is 12.7. The van der Waals surface area contributed by atoms with Crippen LogP contribution in [-0.4, -0.2) is 56.7 Å². The van der Waals surface area contributed by atoms with Gasteiger partial charge >= 0.3 is 5.97 Å². The predicted molar refractivity (Wildman–Crippen MR) is 131 cm³/mol. The Morgan fingerprint density at radius 3 is 2.32 bits per heavy atom. The molecule has 0 aromatic heterocycles. The van der Waals surface area contributed by atoms with E-state index >= 15 is 0 Å². The van der Waals surface area contributed by atoms with Crippen LogP contribution in [0.25, 0.3) is 0 Å². The van der Waals surface area contributed by atoms with Crippen molar-refractivity contribution in [2.75, 3.05) is 43.1 Å². The zero-order valence-corrected chi connectivity index (χ0v) is 20.1. The van der Waals surface area contributed by atoms with Gasteiger partial charge in [0.15, 0.2) is 6.61 Å². The second-order valence-electron chi connectivity index (χ2n) is 8.15. The molecule has 2 aromatic carbocycles. The lowest BCUT2D eigenvalue weighted by atomic mass is 9.99. The molecule has 3 rings (SSSR count). The summed E-state index contributed by atoms with van der Waals surface area (Å²) in [6, 6.07) is 12.9. The number of hydrogen-bond donors (Lipinski definition) is 2. The molecule has 34 heavy (non-hydrogen) atoms. The van der Waals surface area contributed by atoms with Gasteiger partial charge in [-0.2, -0.15) is 0 Å². The molecule has 8 nitrogen and oxygen atoms in total. The lowest BCUT2D eigenvalue weighted by Crippen LogP contribution is -2.46. The van der Waals surface area contributed by atoms with E-state index in [1.165, 1.54) is 0 Å². The summed E-state index contributed by atoms with van der Waals surface area (Å²) >= 11 is 5.87. The van der Waals surface area contributed by atoms with Gasteiger partial charge in [0.05, 0.1) is 13.2 Å². The van der Waals surface area contributed by atoms with Crippen LogP contribution in [0.4, 0.5) is 11.4 Å². The number of esters is 1. The van der Waals surface area contributed by atoms with Gasteiger partial charge < -0.3 is 25.0 Å². The highest BCUT2D eigenvalue weighted by Crippen LogP contribution is 2.19. The topological polar surface area (TPSA) is 97.0 Å². The first-order chi connectivity index (χ1) is 16.4. The van der Waals surface area contributed by atoms with Gasteiger partial charge in [0.2, 0.25) is 0 Å². The number of benzene rings is 2. The minimum absolute atomic E-state index is 0.181. The molecule has 0 unspecified atom stereocenters. The van der Waals surface area contributed by atoms with Crippen LogP contribution in [0.15, 0.2) is 48.5 Å². The molecule has 0 bridgehead atoms. The Hall–Kier alpha value is -3.10. The molecule has 2 amide bonds. The Morgan fingerprint density at radius 2 is 1.71 bits per heavy atom. The van der Waals surface area contributed by atoms with Crippen LogP contribution in [0.1, 0.15) is 30.6 Å². The largest absolute Gasteiger partial charge is 0.454 e. The highest BCUT2D eigenvalue weighted by molar-refractivity contribution is 6.30. The third kappa shape index (κ3) is 7.20. The summed E-state index contributed by atoms with van der Waals surface area (Å²) in [5, 5.41) is 5.94. The number of rotatable bonds is 9. The Labute approximate surface area is 204 Å². The first kappa shape index (κ1) is 25.5. The van der Waals surface area contributed by atoms with E-state index in [1.807, 2.05) is 26.0 Å². The quantitative estimate of drug-likeness (QED) is 0.525. The Kier molecular flexibility index (Phi) is 9.30. The molecule has 1 fully saturated rings. The molecule has 1 aliphatic rings. The van der Waals surface area contributed by atoms with Crippen molar-refractivity contribution >= 4 is 40.8 Å². The molecule has 0 saturated carbocycles. The molecule has 2 N–H and O–H groups in total. The third-order valence-electron chi connectivity index (χ3n) is 5.73. The number of nitrogens with zero attached hydrogens (tertiary/aromatic N) is 1. The summed E-state index contributed by atoms with van der Waals surface area (Å²) in [5.74, 6) is -1.71. The van der Waals surface area contributed by atoms with Gasteiger partial charge in [0.25, 0.3) is 11.8 Å². The number of carbonyl (C=O) groups excluding carboxylic acids is 3. The SMILES string of the molecule is CC[C@H](C)[C@H](NC(=O)c1ccc(Cl)cc1)C(=O)OCC(=O)Nc1ccc(N2CCOCC2)cc1. The van der Waals surface area contributed by atoms with Crippen LogP contribution >= 0.6 is 11.6 Å². The Bertz CT molecular complexity index is 975. The number of nitrogens with one attached hydrogen (secondary N) is 2. The standard InChI is InChI=1S/C25H30ClN3O5/c1-3-17(2)23(28-24(31)18-4-6-19(26)7-5-18)25(32)34-16-22(30)27-20-8-10-21(11-9-20)29-12-14-33-15-13-29/h4-11,17,23H,3,12-16H2,1-2H3,(H,27,30)(H,28,31)/t17-,23-/m0/s1. The minimum atomic E-state index is -0.881. The highest BCUT2D eigenvalue weighted by Gasteiger charge is 2.28. The van der Waals surface area contributed by atoms with Crippen molar-refractivity contribution in [3.05, 3.63) is 59.1 Å². The summed E-state index contributed by atoms with van der Waals surface area (Å²) in [4.78, 5) is 39.8. The third-order valence-corrected chi connectivity index (χ3v) is 5.98. The normalized spacial score (nSPS) is 15.2. The molecule has 9 heteroatoms. The van der Waals surface area contributed by atoms with Gasteiger partial charge in [-0.15, -0.1) is 0 Å². The number of anilines is 2. The van der Waals surface area contributed by atoms with Crippen LogP contribution in [0.3, 0.4) is 0 Å². The zero-order valence-electron chi connectivity index (χ0n) is 19.4. The fourth-order valence-corrected chi connectivity index (χ4v) is 3.62. The summed E-state index contributed by atoms with van der Waals surface area (Å²) < 4.78 is 10.6. The molecule has 2 aromatic rings. The molecule has 0 aliphatic carbocycles. The summed E-state index contributed by atoms with van der Waals surface area (Å²) in [5.41, 5.74) is 2.04. The molecular weight excluding hydrogens is 458 g/mol. The maximum Gasteiger partial charge on any atom is 0.329 e. The van der Waals surface area contributed by atoms with Crippen molar-refractivity contribution in [3.8, 4) is 0 Å². The second-order valence-corrected chi connectivity index (χ2v) is 8.58. The van der Waals surface area contributed by atoms with Gasteiger partial charge in [-0.25, -0.2) is 4.79 Å². The fourth-order valence-electron chi connectivity index (χ4n) is 3.50. The van der Waals surface area contributed by atoms with Crippen molar-refractivity contribution in [1.29, 1.82) is 0 Å². The van der Waals surface area contributed by atoms with Gasteiger partial charge in [-0.05, 0) is 54.4 Å². The van der Waals surface area contributed by atoms with E-state index in [0.29, 0.717) is 35.9 Å². The number of ether oxygens (including phenoxy) is 2. The van der Waals surface area contributed by atoms with Crippen LogP contribution < -0.4 is 15.5 Å². The molecular formula is C25H30ClN3O5. The van der Waals surface area contributed by atoms with Crippen molar-refractivity contribution in [3.63, 3.8) is 0 Å². The van der Waals surface area contributed by atoms with E-state index < -0.39 is 30.4 Å². The summed E-state index contributed by atoms with van der Waals surface area (Å²) in [6.07, 6.45) is 0.641. The number of morpholine rings is 1. The first-order valence-corrected chi connectivity index (χ1v) is 11.7. The zero-order chi connectivity index (χ0) is 24.5. The van der Waals surface area contributed by atoms with Crippen LogP contribution in [0.5, 0.6) is 0 Å². The average Bonchev–Trinajstić information content (AvgIpc) is 2.86. The number of carbonyl (C=O) groups is 3. The smallest absolute Gasteiger partial charge is 0.329 e. The van der Waals surface area contributed by atoms with Crippen LogP contribution in [-0.2, 0) is 19.1 Å². The fraction of sp³-hybridized carbons (Fsp3) is 0.400. The highest BCUT2D eigenvalue weighted by atomic mass is 35.5. The van der Waals surface area contributed by atoms with Gasteiger partial charge in [0, 0.05) is 35.1 Å². The van der Waals surface area contributed by atoms with Crippen molar-refractivity contribution in [2.45, 2.75) is 26.3 Å². The Balaban J connectivity index is 1.52. The van der Waals surface area contributed by atoms with Gasteiger partial charge in [-0.3, -0.25) is 9.59 Å². The predicted octanol–water partition coefficient (Wildman–Crippen LogP) is 3.50. The van der Waals surface area contributed by atoms with Crippen LogP contribution in [0, 0.1) is 5.92 Å². The molecule has 2 atom stereocenters. The number of amides is 2. The summed E-state index contributed by atoms with van der Waals surface area (Å²) in [7, 11) is 0. The van der Waals surface area contributed by atoms with Gasteiger partial charge in [0.1, 0.15) is 6.04 Å².